The Morgan fingerprint density at radius 1 is 1.19 bits per heavy atom. The number of aromatic nitrogens is 1. The molecule has 0 unspecified atom stereocenters. The number of hydrogen-bond acceptors (Lipinski definition) is 2. The minimum absolute atomic E-state index is 0.131. The van der Waals surface area contributed by atoms with E-state index in [9.17, 15) is 0 Å². The molecule has 0 saturated carbocycles. The number of benzene rings is 1. The van der Waals surface area contributed by atoms with Gasteiger partial charge in [0, 0.05) is 17.8 Å². The quantitative estimate of drug-likeness (QED) is 0.853. The van der Waals surface area contributed by atoms with Gasteiger partial charge in [-0.3, -0.25) is 4.98 Å². The average Bonchev–Trinajstić information content (AvgIpc) is 2.29. The molecule has 1 heterocycles. The zero-order chi connectivity index (χ0) is 11.6. The van der Waals surface area contributed by atoms with Gasteiger partial charge < -0.3 is 5.73 Å². The predicted molar refractivity (Wildman–Crippen MR) is 68.3 cm³/mol. The summed E-state index contributed by atoms with van der Waals surface area (Å²) < 4.78 is 0. The lowest BCUT2D eigenvalue weighted by Crippen LogP contribution is -2.26. The molecule has 0 radical (unpaired) electrons. The van der Waals surface area contributed by atoms with Gasteiger partial charge in [0.15, 0.2) is 0 Å². The van der Waals surface area contributed by atoms with Crippen LogP contribution in [-0.2, 0) is 6.42 Å². The Kier molecular flexibility index (Phi) is 2.92. The topological polar surface area (TPSA) is 38.9 Å². The van der Waals surface area contributed by atoms with Crippen LogP contribution in [0.2, 0.25) is 0 Å². The SMILES string of the molecule is CC(C)(CN)Cc1cncc2ccccc12. The summed E-state index contributed by atoms with van der Waals surface area (Å²) in [6, 6.07) is 8.36. The van der Waals surface area contributed by atoms with Crippen LogP contribution < -0.4 is 5.73 Å². The fraction of sp³-hybridized carbons (Fsp3) is 0.357. The first-order chi connectivity index (χ1) is 7.62. The average molecular weight is 214 g/mol. The van der Waals surface area contributed by atoms with Gasteiger partial charge >= 0.3 is 0 Å². The Labute approximate surface area is 96.5 Å². The van der Waals surface area contributed by atoms with Gasteiger partial charge in [-0.05, 0) is 29.3 Å². The first kappa shape index (κ1) is 11.1. The van der Waals surface area contributed by atoms with Gasteiger partial charge in [0.25, 0.3) is 0 Å². The van der Waals surface area contributed by atoms with Crippen LogP contribution in [0.3, 0.4) is 0 Å². The number of rotatable bonds is 3. The largest absolute Gasteiger partial charge is 0.330 e. The van der Waals surface area contributed by atoms with E-state index >= 15 is 0 Å². The van der Waals surface area contributed by atoms with E-state index in [1.165, 1.54) is 16.3 Å². The summed E-state index contributed by atoms with van der Waals surface area (Å²) in [6.45, 7) is 5.07. The summed E-state index contributed by atoms with van der Waals surface area (Å²) in [4.78, 5) is 4.29. The van der Waals surface area contributed by atoms with E-state index in [1.54, 1.807) is 0 Å². The van der Waals surface area contributed by atoms with Crippen molar-refractivity contribution in [2.45, 2.75) is 20.3 Å². The summed E-state index contributed by atoms with van der Waals surface area (Å²) in [6.07, 6.45) is 4.84. The molecule has 0 fully saturated rings. The number of fused-ring (bicyclic) bond motifs is 1. The van der Waals surface area contributed by atoms with Crippen molar-refractivity contribution < 1.29 is 0 Å². The van der Waals surface area contributed by atoms with Crippen LogP contribution >= 0.6 is 0 Å². The van der Waals surface area contributed by atoms with Crippen LogP contribution in [0.15, 0.2) is 36.7 Å². The highest BCUT2D eigenvalue weighted by atomic mass is 14.6. The number of nitrogens with zero attached hydrogens (tertiary/aromatic N) is 1. The third-order valence-corrected chi connectivity index (χ3v) is 2.97. The van der Waals surface area contributed by atoms with E-state index < -0.39 is 0 Å². The number of hydrogen-bond donors (Lipinski definition) is 1. The molecule has 2 N–H and O–H groups in total. The second-order valence-electron chi connectivity index (χ2n) is 5.06. The first-order valence-electron chi connectivity index (χ1n) is 5.64. The lowest BCUT2D eigenvalue weighted by atomic mass is 9.85. The van der Waals surface area contributed by atoms with E-state index in [4.69, 9.17) is 5.73 Å². The highest BCUT2D eigenvalue weighted by molar-refractivity contribution is 5.84. The van der Waals surface area contributed by atoms with Crippen LogP contribution in [0.4, 0.5) is 0 Å². The maximum Gasteiger partial charge on any atom is 0.0346 e. The summed E-state index contributed by atoms with van der Waals surface area (Å²) >= 11 is 0. The molecule has 0 aliphatic rings. The molecule has 0 atom stereocenters. The van der Waals surface area contributed by atoms with Crippen molar-refractivity contribution >= 4 is 10.8 Å². The normalized spacial score (nSPS) is 11.9. The highest BCUT2D eigenvalue weighted by Gasteiger charge is 2.17. The van der Waals surface area contributed by atoms with Gasteiger partial charge in [-0.25, -0.2) is 0 Å². The van der Waals surface area contributed by atoms with Gasteiger partial charge in [-0.1, -0.05) is 38.1 Å². The monoisotopic (exact) mass is 214 g/mol. The zero-order valence-corrected chi connectivity index (χ0v) is 9.90. The number of nitrogens with two attached hydrogens (primary N) is 1. The lowest BCUT2D eigenvalue weighted by Gasteiger charge is -2.22. The van der Waals surface area contributed by atoms with Gasteiger partial charge in [0.1, 0.15) is 0 Å². The van der Waals surface area contributed by atoms with Crippen molar-refractivity contribution in [3.8, 4) is 0 Å². The molecule has 84 valence electrons. The third kappa shape index (κ3) is 2.22. The second kappa shape index (κ2) is 4.22. The molecule has 1 aromatic carbocycles. The molecular weight excluding hydrogens is 196 g/mol. The maximum atomic E-state index is 5.78. The van der Waals surface area contributed by atoms with E-state index in [2.05, 4.69) is 37.0 Å². The molecule has 2 aromatic rings. The summed E-state index contributed by atoms with van der Waals surface area (Å²) in [5, 5.41) is 2.49. The molecule has 0 spiro atoms. The molecule has 1 aromatic heterocycles. The first-order valence-corrected chi connectivity index (χ1v) is 5.64. The van der Waals surface area contributed by atoms with Crippen LogP contribution in [0.5, 0.6) is 0 Å². The molecule has 0 aliphatic heterocycles. The maximum absolute atomic E-state index is 5.78. The van der Waals surface area contributed by atoms with Gasteiger partial charge in [0.2, 0.25) is 0 Å². The smallest absolute Gasteiger partial charge is 0.0346 e. The molecule has 2 nitrogen and oxygen atoms in total. The molecule has 2 heteroatoms. The summed E-state index contributed by atoms with van der Waals surface area (Å²) in [5.41, 5.74) is 7.19. The Balaban J connectivity index is 2.45. The molecular formula is C14H18N2. The Bertz CT molecular complexity index is 484. The van der Waals surface area contributed by atoms with Crippen molar-refractivity contribution in [1.29, 1.82) is 0 Å². The molecule has 0 saturated heterocycles. The fourth-order valence-electron chi connectivity index (χ4n) is 1.91. The van der Waals surface area contributed by atoms with E-state index in [0.29, 0.717) is 6.54 Å². The van der Waals surface area contributed by atoms with E-state index in [1.807, 2.05) is 18.5 Å². The molecule has 0 aliphatic carbocycles. The molecule has 0 amide bonds. The standard InChI is InChI=1S/C14H18N2/c1-14(2,10-15)7-12-9-16-8-11-5-3-4-6-13(11)12/h3-6,8-9H,7,10,15H2,1-2H3. The molecule has 16 heavy (non-hydrogen) atoms. The van der Waals surface area contributed by atoms with Gasteiger partial charge in [-0.15, -0.1) is 0 Å². The minimum Gasteiger partial charge on any atom is -0.330 e. The fourth-order valence-corrected chi connectivity index (χ4v) is 1.91. The Morgan fingerprint density at radius 2 is 1.94 bits per heavy atom. The zero-order valence-electron chi connectivity index (χ0n) is 9.90. The number of pyridine rings is 1. The van der Waals surface area contributed by atoms with Crippen LogP contribution in [0.25, 0.3) is 10.8 Å². The van der Waals surface area contributed by atoms with Crippen LogP contribution in [0, 0.1) is 5.41 Å². The van der Waals surface area contributed by atoms with Crippen LogP contribution in [-0.4, -0.2) is 11.5 Å². The highest BCUT2D eigenvalue weighted by Crippen LogP contribution is 2.25. The van der Waals surface area contributed by atoms with E-state index in [0.717, 1.165) is 6.42 Å². The van der Waals surface area contributed by atoms with Crippen LogP contribution in [0.1, 0.15) is 19.4 Å². The van der Waals surface area contributed by atoms with Crippen molar-refractivity contribution in [2.75, 3.05) is 6.54 Å². The van der Waals surface area contributed by atoms with Crippen molar-refractivity contribution in [2.24, 2.45) is 11.1 Å². The van der Waals surface area contributed by atoms with Crippen molar-refractivity contribution in [3.63, 3.8) is 0 Å². The van der Waals surface area contributed by atoms with Gasteiger partial charge in [0.05, 0.1) is 0 Å². The predicted octanol–water partition coefficient (Wildman–Crippen LogP) is 2.76. The third-order valence-electron chi connectivity index (χ3n) is 2.97. The summed E-state index contributed by atoms with van der Waals surface area (Å²) in [7, 11) is 0. The summed E-state index contributed by atoms with van der Waals surface area (Å²) in [5.74, 6) is 0. The van der Waals surface area contributed by atoms with Gasteiger partial charge in [-0.2, -0.15) is 0 Å². The van der Waals surface area contributed by atoms with Crippen molar-refractivity contribution in [3.05, 3.63) is 42.2 Å². The van der Waals surface area contributed by atoms with Crippen molar-refractivity contribution in [1.82, 2.24) is 4.98 Å². The van der Waals surface area contributed by atoms with E-state index in [-0.39, 0.29) is 5.41 Å². The Hall–Kier alpha value is -1.41. The minimum atomic E-state index is 0.131. The Morgan fingerprint density at radius 3 is 2.69 bits per heavy atom. The second-order valence-corrected chi connectivity index (χ2v) is 5.06. The molecule has 0 bridgehead atoms. The molecule has 2 rings (SSSR count). The lowest BCUT2D eigenvalue weighted by molar-refractivity contribution is 0.377.